The Kier molecular flexibility index (Phi) is 5.06. The fraction of sp³-hybridized carbons (Fsp3) is 0.647. The van der Waals surface area contributed by atoms with Crippen LogP contribution in [0.3, 0.4) is 0 Å². The van der Waals surface area contributed by atoms with Crippen LogP contribution in [0.2, 0.25) is 0 Å². The molecule has 0 bridgehead atoms. The van der Waals surface area contributed by atoms with Gasteiger partial charge >= 0.3 is 0 Å². The number of nitrogens with two attached hydrogens (primary N) is 1. The van der Waals surface area contributed by atoms with Crippen molar-refractivity contribution in [2.75, 3.05) is 31.6 Å². The van der Waals surface area contributed by atoms with E-state index >= 15 is 0 Å². The molecule has 1 aliphatic rings. The van der Waals surface area contributed by atoms with Gasteiger partial charge in [-0.15, -0.1) is 0 Å². The van der Waals surface area contributed by atoms with Crippen LogP contribution < -0.4 is 10.6 Å². The molecule has 2 rings (SSSR count). The van der Waals surface area contributed by atoms with Crippen molar-refractivity contribution in [2.45, 2.75) is 45.7 Å². The number of nitrogens with zero attached hydrogens (tertiary/aromatic N) is 2. The minimum atomic E-state index is 0.228. The fourth-order valence-electron chi connectivity index (χ4n) is 3.27. The molecule has 0 amide bonds. The number of likely N-dealkylation sites (N-methyl/N-ethyl adjacent to an activating group) is 1. The standard InChI is InChI=1S/C17H29N3/c1-13-10-16(11-14(2)18)6-7-17(13)20-9-5-8-19(4)12-15(20)3/h6-7,10,14-15H,5,8-9,11-12,18H2,1-4H3. The topological polar surface area (TPSA) is 32.5 Å². The molecule has 2 atom stereocenters. The first kappa shape index (κ1) is 15.3. The summed E-state index contributed by atoms with van der Waals surface area (Å²) in [5, 5.41) is 0. The zero-order valence-corrected chi connectivity index (χ0v) is 13.4. The Morgan fingerprint density at radius 1 is 1.35 bits per heavy atom. The molecule has 0 aliphatic carbocycles. The molecule has 112 valence electrons. The predicted octanol–water partition coefficient (Wildman–Crippen LogP) is 2.42. The maximum absolute atomic E-state index is 5.90. The molecule has 1 aliphatic heterocycles. The molecular formula is C17H29N3. The number of aryl methyl sites for hydroxylation is 1. The zero-order chi connectivity index (χ0) is 14.7. The summed E-state index contributed by atoms with van der Waals surface area (Å²) in [4.78, 5) is 5.00. The third-order valence-electron chi connectivity index (χ3n) is 4.18. The van der Waals surface area contributed by atoms with Crippen LogP contribution in [0.25, 0.3) is 0 Å². The van der Waals surface area contributed by atoms with Gasteiger partial charge in [0.25, 0.3) is 0 Å². The normalized spacial score (nSPS) is 22.6. The summed E-state index contributed by atoms with van der Waals surface area (Å²) in [5.41, 5.74) is 10.0. The van der Waals surface area contributed by atoms with Gasteiger partial charge in [-0.2, -0.15) is 0 Å². The SMILES string of the molecule is Cc1cc(CC(C)N)ccc1N1CCCN(C)CC1C. The van der Waals surface area contributed by atoms with Crippen LogP contribution in [0, 0.1) is 6.92 Å². The quantitative estimate of drug-likeness (QED) is 0.919. The highest BCUT2D eigenvalue weighted by atomic mass is 15.2. The van der Waals surface area contributed by atoms with Crippen molar-refractivity contribution in [3.05, 3.63) is 29.3 Å². The van der Waals surface area contributed by atoms with E-state index in [0.29, 0.717) is 6.04 Å². The maximum Gasteiger partial charge on any atom is 0.0398 e. The molecule has 0 radical (unpaired) electrons. The van der Waals surface area contributed by atoms with E-state index in [4.69, 9.17) is 5.73 Å². The molecule has 0 spiro atoms. The van der Waals surface area contributed by atoms with E-state index in [-0.39, 0.29) is 6.04 Å². The van der Waals surface area contributed by atoms with Gasteiger partial charge in [0.2, 0.25) is 0 Å². The van der Waals surface area contributed by atoms with Crippen LogP contribution in [0.15, 0.2) is 18.2 Å². The number of rotatable bonds is 3. The van der Waals surface area contributed by atoms with Crippen LogP contribution in [-0.4, -0.2) is 43.7 Å². The van der Waals surface area contributed by atoms with Crippen LogP contribution in [0.5, 0.6) is 0 Å². The molecule has 1 saturated heterocycles. The highest BCUT2D eigenvalue weighted by molar-refractivity contribution is 5.55. The molecule has 3 heteroatoms. The van der Waals surface area contributed by atoms with E-state index in [0.717, 1.165) is 19.5 Å². The molecule has 0 saturated carbocycles. The lowest BCUT2D eigenvalue weighted by molar-refractivity contribution is 0.337. The van der Waals surface area contributed by atoms with Gasteiger partial charge in [0.05, 0.1) is 0 Å². The van der Waals surface area contributed by atoms with Crippen molar-refractivity contribution in [3.8, 4) is 0 Å². The van der Waals surface area contributed by atoms with E-state index < -0.39 is 0 Å². The minimum absolute atomic E-state index is 0.228. The van der Waals surface area contributed by atoms with Crippen LogP contribution >= 0.6 is 0 Å². The minimum Gasteiger partial charge on any atom is -0.367 e. The lowest BCUT2D eigenvalue weighted by Gasteiger charge is -2.31. The highest BCUT2D eigenvalue weighted by Crippen LogP contribution is 2.25. The highest BCUT2D eigenvalue weighted by Gasteiger charge is 2.21. The molecule has 20 heavy (non-hydrogen) atoms. The monoisotopic (exact) mass is 275 g/mol. The predicted molar refractivity (Wildman–Crippen MR) is 87.5 cm³/mol. The number of anilines is 1. The number of hydrogen-bond donors (Lipinski definition) is 1. The van der Waals surface area contributed by atoms with Crippen LogP contribution in [-0.2, 0) is 6.42 Å². The molecule has 0 aromatic heterocycles. The lowest BCUT2D eigenvalue weighted by atomic mass is 10.0. The third kappa shape index (κ3) is 3.74. The zero-order valence-electron chi connectivity index (χ0n) is 13.4. The van der Waals surface area contributed by atoms with E-state index in [1.807, 2.05) is 0 Å². The smallest absolute Gasteiger partial charge is 0.0398 e. The summed E-state index contributed by atoms with van der Waals surface area (Å²) < 4.78 is 0. The summed E-state index contributed by atoms with van der Waals surface area (Å²) in [6.45, 7) is 10.1. The van der Waals surface area contributed by atoms with Crippen molar-refractivity contribution in [1.29, 1.82) is 0 Å². The van der Waals surface area contributed by atoms with E-state index in [1.54, 1.807) is 0 Å². The number of benzene rings is 1. The molecule has 2 N–H and O–H groups in total. The second kappa shape index (κ2) is 6.59. The number of hydrogen-bond acceptors (Lipinski definition) is 3. The third-order valence-corrected chi connectivity index (χ3v) is 4.18. The Morgan fingerprint density at radius 3 is 2.75 bits per heavy atom. The second-order valence-electron chi connectivity index (χ2n) is 6.46. The van der Waals surface area contributed by atoms with Crippen LogP contribution in [0.1, 0.15) is 31.4 Å². The van der Waals surface area contributed by atoms with Gasteiger partial charge in [-0.25, -0.2) is 0 Å². The first-order valence-electron chi connectivity index (χ1n) is 7.77. The molecule has 1 fully saturated rings. The van der Waals surface area contributed by atoms with Crippen molar-refractivity contribution >= 4 is 5.69 Å². The Labute approximate surface area is 123 Å². The summed E-state index contributed by atoms with van der Waals surface area (Å²) in [7, 11) is 2.22. The fourth-order valence-corrected chi connectivity index (χ4v) is 3.27. The van der Waals surface area contributed by atoms with Gasteiger partial charge in [-0.05, 0) is 64.4 Å². The van der Waals surface area contributed by atoms with Crippen molar-refractivity contribution < 1.29 is 0 Å². The molecular weight excluding hydrogens is 246 g/mol. The van der Waals surface area contributed by atoms with Crippen molar-refractivity contribution in [2.24, 2.45) is 5.73 Å². The lowest BCUT2D eigenvalue weighted by Crippen LogP contribution is -2.38. The summed E-state index contributed by atoms with van der Waals surface area (Å²) >= 11 is 0. The molecule has 1 aromatic carbocycles. The van der Waals surface area contributed by atoms with Gasteiger partial charge < -0.3 is 15.5 Å². The molecule has 1 aromatic rings. The second-order valence-corrected chi connectivity index (χ2v) is 6.46. The van der Waals surface area contributed by atoms with E-state index in [2.05, 4.69) is 55.8 Å². The first-order chi connectivity index (χ1) is 9.47. The average Bonchev–Trinajstić information content (AvgIpc) is 2.50. The average molecular weight is 275 g/mol. The Hall–Kier alpha value is -1.06. The van der Waals surface area contributed by atoms with Gasteiger partial charge in [-0.3, -0.25) is 0 Å². The van der Waals surface area contributed by atoms with Gasteiger partial charge in [0.15, 0.2) is 0 Å². The van der Waals surface area contributed by atoms with Gasteiger partial charge in [0.1, 0.15) is 0 Å². The largest absolute Gasteiger partial charge is 0.367 e. The summed E-state index contributed by atoms with van der Waals surface area (Å²) in [6, 6.07) is 7.63. The van der Waals surface area contributed by atoms with Gasteiger partial charge in [0, 0.05) is 30.9 Å². The van der Waals surface area contributed by atoms with E-state index in [9.17, 15) is 0 Å². The summed E-state index contributed by atoms with van der Waals surface area (Å²) in [5.74, 6) is 0. The Balaban J connectivity index is 2.19. The Bertz CT molecular complexity index is 442. The molecule has 2 unspecified atom stereocenters. The van der Waals surface area contributed by atoms with Crippen molar-refractivity contribution in [3.63, 3.8) is 0 Å². The molecule has 1 heterocycles. The molecule has 3 nitrogen and oxygen atoms in total. The van der Waals surface area contributed by atoms with Crippen LogP contribution in [0.4, 0.5) is 5.69 Å². The van der Waals surface area contributed by atoms with Crippen molar-refractivity contribution in [1.82, 2.24) is 4.90 Å². The summed E-state index contributed by atoms with van der Waals surface area (Å²) in [6.07, 6.45) is 2.20. The van der Waals surface area contributed by atoms with Gasteiger partial charge in [-0.1, -0.05) is 12.1 Å². The first-order valence-corrected chi connectivity index (χ1v) is 7.77. The maximum atomic E-state index is 5.90. The Morgan fingerprint density at radius 2 is 2.10 bits per heavy atom. The van der Waals surface area contributed by atoms with E-state index in [1.165, 1.54) is 29.8 Å².